The van der Waals surface area contributed by atoms with Crippen LogP contribution in [0.1, 0.15) is 12.0 Å². The molecule has 0 aliphatic rings. The molecule has 0 aromatic heterocycles. The lowest BCUT2D eigenvalue weighted by Crippen LogP contribution is -2.14. The average Bonchev–Trinajstić information content (AvgIpc) is 2.15. The SMILES string of the molecule is O=CCCNCc1ccc(Cl)cc1. The summed E-state index contributed by atoms with van der Waals surface area (Å²) in [4.78, 5) is 10.0. The summed E-state index contributed by atoms with van der Waals surface area (Å²) in [6.07, 6.45) is 1.47. The molecule has 0 fully saturated rings. The summed E-state index contributed by atoms with van der Waals surface area (Å²) >= 11 is 5.73. The second kappa shape index (κ2) is 5.73. The van der Waals surface area contributed by atoms with Crippen molar-refractivity contribution in [1.29, 1.82) is 0 Å². The molecule has 0 atom stereocenters. The Labute approximate surface area is 82.9 Å². The van der Waals surface area contributed by atoms with Gasteiger partial charge in [-0.2, -0.15) is 0 Å². The molecule has 1 N–H and O–H groups in total. The van der Waals surface area contributed by atoms with Crippen LogP contribution in [0.2, 0.25) is 5.02 Å². The highest BCUT2D eigenvalue weighted by Crippen LogP contribution is 2.08. The number of hydrogen-bond acceptors (Lipinski definition) is 2. The van der Waals surface area contributed by atoms with E-state index in [4.69, 9.17) is 11.6 Å². The van der Waals surface area contributed by atoms with E-state index in [-0.39, 0.29) is 0 Å². The molecule has 0 amide bonds. The third kappa shape index (κ3) is 4.06. The van der Waals surface area contributed by atoms with Crippen molar-refractivity contribution in [3.8, 4) is 0 Å². The summed E-state index contributed by atoms with van der Waals surface area (Å²) in [5, 5.41) is 3.89. The van der Waals surface area contributed by atoms with Gasteiger partial charge in [0, 0.05) is 24.5 Å². The van der Waals surface area contributed by atoms with Crippen LogP contribution in [0.25, 0.3) is 0 Å². The minimum atomic E-state index is 0.563. The van der Waals surface area contributed by atoms with Crippen molar-refractivity contribution in [3.63, 3.8) is 0 Å². The fourth-order valence-electron chi connectivity index (χ4n) is 0.996. The summed E-state index contributed by atoms with van der Waals surface area (Å²) in [6.45, 7) is 1.51. The first-order valence-corrected chi connectivity index (χ1v) is 4.59. The molecule has 13 heavy (non-hydrogen) atoms. The predicted octanol–water partition coefficient (Wildman–Crippen LogP) is 2.02. The Morgan fingerprint density at radius 1 is 1.31 bits per heavy atom. The van der Waals surface area contributed by atoms with Gasteiger partial charge in [-0.25, -0.2) is 0 Å². The Morgan fingerprint density at radius 2 is 2.00 bits per heavy atom. The van der Waals surface area contributed by atoms with E-state index in [1.54, 1.807) is 0 Å². The van der Waals surface area contributed by atoms with Gasteiger partial charge in [0.05, 0.1) is 0 Å². The van der Waals surface area contributed by atoms with Crippen LogP contribution in [0, 0.1) is 0 Å². The van der Waals surface area contributed by atoms with Gasteiger partial charge in [-0.1, -0.05) is 23.7 Å². The summed E-state index contributed by atoms with van der Waals surface area (Å²) < 4.78 is 0. The van der Waals surface area contributed by atoms with Crippen molar-refractivity contribution in [2.75, 3.05) is 6.54 Å². The van der Waals surface area contributed by atoms with Gasteiger partial charge >= 0.3 is 0 Å². The van der Waals surface area contributed by atoms with Gasteiger partial charge in [-0.3, -0.25) is 0 Å². The smallest absolute Gasteiger partial charge is 0.121 e. The minimum absolute atomic E-state index is 0.563. The van der Waals surface area contributed by atoms with E-state index < -0.39 is 0 Å². The van der Waals surface area contributed by atoms with Gasteiger partial charge in [-0.05, 0) is 17.7 Å². The molecule has 0 heterocycles. The molecule has 0 spiro atoms. The molecule has 70 valence electrons. The van der Waals surface area contributed by atoms with Crippen LogP contribution in [-0.4, -0.2) is 12.8 Å². The molecular weight excluding hydrogens is 186 g/mol. The Balaban J connectivity index is 2.28. The third-order valence-electron chi connectivity index (χ3n) is 1.68. The second-order valence-electron chi connectivity index (χ2n) is 2.76. The first-order chi connectivity index (χ1) is 6.33. The maximum atomic E-state index is 10.0. The van der Waals surface area contributed by atoms with Gasteiger partial charge < -0.3 is 10.1 Å². The monoisotopic (exact) mass is 197 g/mol. The van der Waals surface area contributed by atoms with Crippen molar-refractivity contribution in [1.82, 2.24) is 5.32 Å². The number of benzene rings is 1. The van der Waals surface area contributed by atoms with Gasteiger partial charge in [-0.15, -0.1) is 0 Å². The van der Waals surface area contributed by atoms with E-state index >= 15 is 0 Å². The molecule has 1 rings (SSSR count). The van der Waals surface area contributed by atoms with Crippen molar-refractivity contribution >= 4 is 17.9 Å². The number of carbonyl (C=O) groups excluding carboxylic acids is 1. The van der Waals surface area contributed by atoms with E-state index in [1.807, 2.05) is 24.3 Å². The lowest BCUT2D eigenvalue weighted by Gasteiger charge is -2.02. The highest BCUT2D eigenvalue weighted by atomic mass is 35.5. The van der Waals surface area contributed by atoms with Crippen LogP contribution >= 0.6 is 11.6 Å². The van der Waals surface area contributed by atoms with Gasteiger partial charge in [0.15, 0.2) is 0 Å². The number of rotatable bonds is 5. The first-order valence-electron chi connectivity index (χ1n) is 4.21. The van der Waals surface area contributed by atoms with Crippen molar-refractivity contribution in [2.24, 2.45) is 0 Å². The molecular formula is C10H12ClNO. The van der Waals surface area contributed by atoms with Crippen LogP contribution in [0.4, 0.5) is 0 Å². The molecule has 1 aromatic carbocycles. The fraction of sp³-hybridized carbons (Fsp3) is 0.300. The van der Waals surface area contributed by atoms with E-state index in [2.05, 4.69) is 5.32 Å². The largest absolute Gasteiger partial charge is 0.312 e. The average molecular weight is 198 g/mol. The maximum absolute atomic E-state index is 10.0. The van der Waals surface area contributed by atoms with Crippen LogP contribution in [-0.2, 0) is 11.3 Å². The molecule has 3 heteroatoms. The molecule has 0 aliphatic carbocycles. The van der Waals surface area contributed by atoms with Gasteiger partial charge in [0.2, 0.25) is 0 Å². The molecule has 0 saturated heterocycles. The lowest BCUT2D eigenvalue weighted by molar-refractivity contribution is -0.107. The molecule has 0 unspecified atom stereocenters. The van der Waals surface area contributed by atoms with Crippen LogP contribution in [0.3, 0.4) is 0 Å². The molecule has 0 bridgehead atoms. The maximum Gasteiger partial charge on any atom is 0.121 e. The van der Waals surface area contributed by atoms with Gasteiger partial charge in [0.1, 0.15) is 6.29 Å². The zero-order valence-corrected chi connectivity index (χ0v) is 8.05. The highest BCUT2D eigenvalue weighted by Gasteiger charge is 1.91. The number of aldehydes is 1. The first kappa shape index (κ1) is 10.2. The Hall–Kier alpha value is -0.860. The normalized spacial score (nSPS) is 9.92. The summed E-state index contributed by atoms with van der Waals surface area (Å²) in [6, 6.07) is 7.66. The number of hydrogen-bond donors (Lipinski definition) is 1. The minimum Gasteiger partial charge on any atom is -0.312 e. The zero-order valence-electron chi connectivity index (χ0n) is 7.29. The van der Waals surface area contributed by atoms with Crippen LogP contribution in [0.15, 0.2) is 24.3 Å². The Morgan fingerprint density at radius 3 is 2.62 bits per heavy atom. The van der Waals surface area contributed by atoms with E-state index in [9.17, 15) is 4.79 Å². The number of nitrogens with one attached hydrogen (secondary N) is 1. The number of carbonyl (C=O) groups is 1. The molecule has 2 nitrogen and oxygen atoms in total. The van der Waals surface area contributed by atoms with Crippen molar-refractivity contribution in [3.05, 3.63) is 34.9 Å². The van der Waals surface area contributed by atoms with Crippen molar-refractivity contribution < 1.29 is 4.79 Å². The zero-order chi connectivity index (χ0) is 9.52. The standard InChI is InChI=1S/C10H12ClNO/c11-10-4-2-9(3-5-10)8-12-6-1-7-13/h2-5,7,12H,1,6,8H2. The van der Waals surface area contributed by atoms with Crippen molar-refractivity contribution in [2.45, 2.75) is 13.0 Å². The predicted molar refractivity (Wildman–Crippen MR) is 53.8 cm³/mol. The third-order valence-corrected chi connectivity index (χ3v) is 1.93. The molecule has 0 saturated carbocycles. The highest BCUT2D eigenvalue weighted by molar-refractivity contribution is 6.30. The van der Waals surface area contributed by atoms with Gasteiger partial charge in [0.25, 0.3) is 0 Å². The van der Waals surface area contributed by atoms with E-state index in [0.29, 0.717) is 6.42 Å². The Bertz CT molecular complexity index is 258. The molecule has 1 aromatic rings. The number of halogens is 1. The lowest BCUT2D eigenvalue weighted by atomic mass is 10.2. The summed E-state index contributed by atoms with van der Waals surface area (Å²) in [7, 11) is 0. The quantitative estimate of drug-likeness (QED) is 0.578. The van der Waals surface area contributed by atoms with E-state index in [0.717, 1.165) is 24.4 Å². The second-order valence-corrected chi connectivity index (χ2v) is 3.20. The molecule has 0 radical (unpaired) electrons. The van der Waals surface area contributed by atoms with E-state index in [1.165, 1.54) is 5.56 Å². The summed E-state index contributed by atoms with van der Waals surface area (Å²) in [5.41, 5.74) is 1.18. The topological polar surface area (TPSA) is 29.1 Å². The van der Waals surface area contributed by atoms with Crippen LogP contribution in [0.5, 0.6) is 0 Å². The fourth-order valence-corrected chi connectivity index (χ4v) is 1.12. The van der Waals surface area contributed by atoms with Crippen LogP contribution < -0.4 is 5.32 Å². The molecule has 0 aliphatic heterocycles. The summed E-state index contributed by atoms with van der Waals surface area (Å²) in [5.74, 6) is 0. The Kier molecular flexibility index (Phi) is 4.50.